The topological polar surface area (TPSA) is 0 Å². The van der Waals surface area contributed by atoms with Gasteiger partial charge in [-0.2, -0.15) is 0 Å². The summed E-state index contributed by atoms with van der Waals surface area (Å²) in [7, 11) is 0. The molecule has 8 rings (SSSR count). The first kappa shape index (κ1) is 107. The van der Waals surface area contributed by atoms with Crippen LogP contribution in [0.3, 0.4) is 0 Å². The van der Waals surface area contributed by atoms with E-state index in [0.717, 1.165) is 12.8 Å². The van der Waals surface area contributed by atoms with Gasteiger partial charge in [0.05, 0.1) is 0 Å². The molecule has 6 heteroatoms. The van der Waals surface area contributed by atoms with Gasteiger partial charge in [-0.15, -0.1) is 68.0 Å². The molecule has 6 heterocycles. The van der Waals surface area contributed by atoms with Gasteiger partial charge in [0, 0.05) is 58.5 Å². The lowest BCUT2D eigenvalue weighted by Crippen LogP contribution is -1.96. The molecule has 0 nitrogen and oxygen atoms in total. The Hall–Kier alpha value is -4.66. The summed E-state index contributed by atoms with van der Waals surface area (Å²) in [5.74, 6) is 0. The van der Waals surface area contributed by atoms with Crippen molar-refractivity contribution >= 4 is 141 Å². The van der Waals surface area contributed by atoms with Crippen LogP contribution in [0.4, 0.5) is 0 Å². The maximum absolute atomic E-state index is 2.69. The standard InChI is InChI=1S/C120H180S6/c1-13-25-37-49-69-97-99(71-51-39-27-15-3)111(121-109(97)83-81-95-65-61-62-66-95)85-87-113-101(73-53-41-29-17-5)103(75-55-43-31-19-7)115(123-113)89-91-117-105(77-57-45-33-21-9)107(79-59-47-35-23-11)119(125-117)93-94-120-108(80-60-48-36-24-12)106(78-58-46-34-22-10)118(126-120)92-90-116-104(76-56-44-32-20-8)102(74-54-42-30-18-6)114(124-116)88-86-112-100(72-52-40-28-16-4)98(70-50-38-26-14-2)110(122-112)84-82-96-67-63-64-68-96/h61-65,67,81-94H,13-60,66,68-80H2,1-12H3/b83-81+,84-82+,87-85+,88-86+,91-89+,92-90+,94-93+. The van der Waals surface area contributed by atoms with Crippen LogP contribution in [-0.4, -0.2) is 0 Å². The normalized spacial score (nSPS) is 13.3. The number of allylic oxidation sites excluding steroid dienone is 10. The number of hydrogen-bond donors (Lipinski definition) is 0. The Labute approximate surface area is 800 Å². The number of hydrogen-bond acceptors (Lipinski definition) is 6. The van der Waals surface area contributed by atoms with Crippen LogP contribution in [0.25, 0.3) is 72.9 Å². The highest BCUT2D eigenvalue weighted by Gasteiger charge is 2.25. The van der Waals surface area contributed by atoms with Crippen molar-refractivity contribution < 1.29 is 0 Å². The molecule has 0 saturated heterocycles. The Morgan fingerprint density at radius 2 is 0.278 bits per heavy atom. The summed E-state index contributed by atoms with van der Waals surface area (Å²) in [4.78, 5) is 18.3. The smallest absolute Gasteiger partial charge is 0.0312 e. The van der Waals surface area contributed by atoms with Crippen LogP contribution in [0, 0.1) is 0 Å². The third kappa shape index (κ3) is 37.1. The monoisotopic (exact) mass is 1810 g/mol. The van der Waals surface area contributed by atoms with E-state index in [2.05, 4.69) is 273 Å². The molecule has 2 aliphatic carbocycles. The molecule has 0 saturated carbocycles. The second kappa shape index (κ2) is 65.8. The Kier molecular flexibility index (Phi) is 55.7. The van der Waals surface area contributed by atoms with Crippen molar-refractivity contribution in [2.24, 2.45) is 0 Å². The molecule has 2 aliphatic rings. The average molecular weight is 1820 g/mol. The molecule has 6 aromatic rings. The largest absolute Gasteiger partial charge is 0.136 e. The Bertz CT molecular complexity index is 4040. The third-order valence-corrected chi connectivity index (χ3v) is 34.1. The lowest BCUT2D eigenvalue weighted by Gasteiger charge is -2.09. The number of thiophene rings is 6. The molecule has 0 radical (unpaired) electrons. The van der Waals surface area contributed by atoms with E-state index in [-0.39, 0.29) is 0 Å². The Morgan fingerprint density at radius 3 is 0.381 bits per heavy atom. The molecular weight excluding hydrogens is 1630 g/mol. The van der Waals surface area contributed by atoms with Crippen LogP contribution >= 0.6 is 68.0 Å². The predicted octanol–water partition coefficient (Wildman–Crippen LogP) is 42.2. The van der Waals surface area contributed by atoms with E-state index in [4.69, 9.17) is 0 Å². The van der Waals surface area contributed by atoms with Gasteiger partial charge in [0.1, 0.15) is 0 Å². The first-order valence-electron chi connectivity index (χ1n) is 53.5. The lowest BCUT2D eigenvalue weighted by molar-refractivity contribution is 0.651. The highest BCUT2D eigenvalue weighted by atomic mass is 32.1. The second-order valence-electron chi connectivity index (χ2n) is 37.5. The van der Waals surface area contributed by atoms with Crippen molar-refractivity contribution in [1.82, 2.24) is 0 Å². The predicted molar refractivity (Wildman–Crippen MR) is 586 cm³/mol. The molecule has 0 aliphatic heterocycles. The fraction of sp³-hybridized carbons (Fsp3) is 0.617. The molecule has 0 N–H and O–H groups in total. The summed E-state index contributed by atoms with van der Waals surface area (Å²) >= 11 is 12.8. The van der Waals surface area contributed by atoms with E-state index in [1.54, 1.807) is 66.8 Å². The van der Waals surface area contributed by atoms with Gasteiger partial charge in [0.15, 0.2) is 0 Å². The number of rotatable bonds is 74. The van der Waals surface area contributed by atoms with E-state index >= 15 is 0 Å². The summed E-state index contributed by atoms with van der Waals surface area (Å²) in [6.45, 7) is 28.6. The lowest BCUT2D eigenvalue weighted by atomic mass is 9.94. The summed E-state index contributed by atoms with van der Waals surface area (Å²) in [6, 6.07) is 0. The molecule has 0 atom stereocenters. The van der Waals surface area contributed by atoms with Crippen LogP contribution in [0.2, 0.25) is 0 Å². The zero-order valence-corrected chi connectivity index (χ0v) is 87.7. The molecule has 0 amide bonds. The fourth-order valence-electron chi connectivity index (χ4n) is 19.2. The van der Waals surface area contributed by atoms with Crippen LogP contribution < -0.4 is 0 Å². The van der Waals surface area contributed by atoms with Gasteiger partial charge in [-0.1, -0.05) is 363 Å². The molecule has 696 valence electrons. The van der Waals surface area contributed by atoms with E-state index in [0.29, 0.717) is 0 Å². The van der Waals surface area contributed by atoms with Gasteiger partial charge in [-0.3, -0.25) is 0 Å². The molecular formula is C120H180S6. The van der Waals surface area contributed by atoms with E-state index in [1.165, 1.54) is 455 Å². The van der Waals surface area contributed by atoms with Crippen molar-refractivity contribution in [1.29, 1.82) is 0 Å². The maximum Gasteiger partial charge on any atom is 0.0312 e. The minimum absolute atomic E-state index is 1.05. The van der Waals surface area contributed by atoms with Gasteiger partial charge in [-0.25, -0.2) is 0 Å². The molecule has 6 aromatic heterocycles. The first-order chi connectivity index (χ1) is 62.1. The van der Waals surface area contributed by atoms with Crippen LogP contribution in [0.15, 0.2) is 59.8 Å². The highest BCUT2D eigenvalue weighted by molar-refractivity contribution is 7.17. The minimum atomic E-state index is 1.05. The van der Waals surface area contributed by atoms with E-state index < -0.39 is 0 Å². The zero-order valence-electron chi connectivity index (χ0n) is 82.8. The van der Waals surface area contributed by atoms with E-state index in [1.807, 2.05) is 0 Å². The van der Waals surface area contributed by atoms with Crippen LogP contribution in [0.5, 0.6) is 0 Å². The van der Waals surface area contributed by atoms with Crippen molar-refractivity contribution in [2.45, 2.75) is 481 Å². The Balaban J connectivity index is 1.30. The van der Waals surface area contributed by atoms with Crippen LogP contribution in [-0.2, 0) is 77.0 Å². The maximum atomic E-state index is 2.69. The zero-order chi connectivity index (χ0) is 89.2. The van der Waals surface area contributed by atoms with Crippen molar-refractivity contribution in [2.75, 3.05) is 0 Å². The van der Waals surface area contributed by atoms with Crippen molar-refractivity contribution in [3.8, 4) is 0 Å². The third-order valence-electron chi connectivity index (χ3n) is 26.9. The molecule has 0 spiro atoms. The highest BCUT2D eigenvalue weighted by Crippen LogP contribution is 2.45. The Morgan fingerprint density at radius 1 is 0.159 bits per heavy atom. The van der Waals surface area contributed by atoms with Gasteiger partial charge >= 0.3 is 0 Å². The SMILES string of the molecule is CCCCCCc1c(/C=C/C2=CC=CC2)sc(/C=C/c2sc(/C=C/c3sc(/C=C/c4sc(/C=C/c5sc(/C=C/c6sc(/C=C/C7=CC=CC7)c(CCCCCC)c6CCCCCC)c(CCCCCC)c5CCCCCC)c(CCCCCC)c4CCCCCC)c(CCCCCC)c3CCCCCC)c(CCCCCC)c2CCCCCC)c1CCCCCC. The van der Waals surface area contributed by atoms with Crippen LogP contribution in [0.1, 0.15) is 529 Å². The average Bonchev–Trinajstić information content (AvgIpc) is 1.65. The fourth-order valence-corrected chi connectivity index (χ4v) is 26.4. The summed E-state index contributed by atoms with van der Waals surface area (Å²) in [5, 5.41) is 0. The van der Waals surface area contributed by atoms with Gasteiger partial charge in [-0.05, 0) is 318 Å². The van der Waals surface area contributed by atoms with Crippen molar-refractivity contribution in [3.63, 3.8) is 0 Å². The molecule has 0 bridgehead atoms. The summed E-state index contributed by atoms with van der Waals surface area (Å²) in [5.41, 5.74) is 22.8. The number of unbranched alkanes of at least 4 members (excludes halogenated alkanes) is 36. The molecule has 0 unspecified atom stereocenters. The van der Waals surface area contributed by atoms with Gasteiger partial charge in [0.2, 0.25) is 0 Å². The molecule has 0 aromatic carbocycles. The molecule has 0 fully saturated rings. The van der Waals surface area contributed by atoms with Gasteiger partial charge < -0.3 is 0 Å². The second-order valence-corrected chi connectivity index (χ2v) is 44.0. The summed E-state index contributed by atoms with van der Waals surface area (Å²) < 4.78 is 0. The minimum Gasteiger partial charge on any atom is -0.136 e. The van der Waals surface area contributed by atoms with Crippen molar-refractivity contribution in [3.05, 3.63) is 185 Å². The summed E-state index contributed by atoms with van der Waals surface area (Å²) in [6.07, 6.45) is 129. The molecule has 126 heavy (non-hydrogen) atoms. The quantitative estimate of drug-likeness (QED) is 0.0334. The van der Waals surface area contributed by atoms with E-state index in [9.17, 15) is 0 Å². The van der Waals surface area contributed by atoms with Gasteiger partial charge in [0.25, 0.3) is 0 Å². The first-order valence-corrected chi connectivity index (χ1v) is 58.4.